The van der Waals surface area contributed by atoms with Gasteiger partial charge in [0.25, 0.3) is 0 Å². The highest BCUT2D eigenvalue weighted by molar-refractivity contribution is 6.58. The van der Waals surface area contributed by atoms with Gasteiger partial charge in [-0.15, -0.1) is 0 Å². The second-order valence-electron chi connectivity index (χ2n) is 4.09. The van der Waals surface area contributed by atoms with E-state index in [0.29, 0.717) is 12.1 Å². The molecular formula is C10H13BO3. The Morgan fingerprint density at radius 3 is 2.71 bits per heavy atom. The third-order valence-electron chi connectivity index (χ3n) is 2.66. The van der Waals surface area contributed by atoms with Crippen LogP contribution in [-0.4, -0.2) is 17.2 Å². The molecule has 2 N–H and O–H groups in total. The number of hydrogen-bond acceptors (Lipinski definition) is 3. The Labute approximate surface area is 83.5 Å². The second kappa shape index (κ2) is 3.09. The second-order valence-corrected chi connectivity index (χ2v) is 4.09. The van der Waals surface area contributed by atoms with Gasteiger partial charge in [-0.25, -0.2) is 0 Å². The lowest BCUT2D eigenvalue weighted by atomic mass is 9.78. The van der Waals surface area contributed by atoms with Gasteiger partial charge in [-0.2, -0.15) is 0 Å². The molecule has 1 aromatic carbocycles. The highest BCUT2D eigenvalue weighted by atomic mass is 16.5. The summed E-state index contributed by atoms with van der Waals surface area (Å²) in [5.74, 6) is 0. The molecule has 14 heavy (non-hydrogen) atoms. The highest BCUT2D eigenvalue weighted by Crippen LogP contribution is 2.34. The summed E-state index contributed by atoms with van der Waals surface area (Å²) in [5, 5.41) is 18.0. The summed E-state index contributed by atoms with van der Waals surface area (Å²) in [5.41, 5.74) is 2.43. The van der Waals surface area contributed by atoms with Gasteiger partial charge < -0.3 is 14.8 Å². The van der Waals surface area contributed by atoms with Crippen molar-refractivity contribution in [2.45, 2.75) is 26.1 Å². The first kappa shape index (κ1) is 9.71. The monoisotopic (exact) mass is 192 g/mol. The van der Waals surface area contributed by atoms with Crippen molar-refractivity contribution in [3.8, 4) is 0 Å². The van der Waals surface area contributed by atoms with Gasteiger partial charge in [0.05, 0.1) is 12.2 Å². The number of fused-ring (bicyclic) bond motifs is 1. The molecule has 1 aromatic rings. The molecule has 74 valence electrons. The van der Waals surface area contributed by atoms with Gasteiger partial charge in [0.2, 0.25) is 0 Å². The van der Waals surface area contributed by atoms with E-state index in [-0.39, 0.29) is 5.60 Å². The Morgan fingerprint density at radius 2 is 2.07 bits per heavy atom. The van der Waals surface area contributed by atoms with Crippen molar-refractivity contribution in [2.24, 2.45) is 0 Å². The summed E-state index contributed by atoms with van der Waals surface area (Å²) in [6.45, 7) is 4.56. The Bertz CT molecular complexity index is 360. The molecule has 0 aliphatic carbocycles. The molecule has 0 radical (unpaired) electrons. The predicted octanol–water partition coefficient (Wildman–Crippen LogP) is 0.132. The van der Waals surface area contributed by atoms with Crippen LogP contribution < -0.4 is 5.46 Å². The van der Waals surface area contributed by atoms with Gasteiger partial charge in [0.15, 0.2) is 0 Å². The Morgan fingerprint density at radius 1 is 1.36 bits per heavy atom. The van der Waals surface area contributed by atoms with Crippen molar-refractivity contribution in [1.82, 2.24) is 0 Å². The molecule has 0 saturated heterocycles. The molecule has 0 fully saturated rings. The Hall–Kier alpha value is -0.835. The molecule has 3 nitrogen and oxygen atoms in total. The molecule has 0 spiro atoms. The van der Waals surface area contributed by atoms with Crippen molar-refractivity contribution in [2.75, 3.05) is 0 Å². The van der Waals surface area contributed by atoms with Crippen LogP contribution >= 0.6 is 0 Å². The van der Waals surface area contributed by atoms with Crippen LogP contribution in [0.3, 0.4) is 0 Å². The maximum atomic E-state index is 9.00. The van der Waals surface area contributed by atoms with Gasteiger partial charge in [-0.05, 0) is 30.4 Å². The van der Waals surface area contributed by atoms with Crippen LogP contribution in [0.2, 0.25) is 0 Å². The average molecular weight is 192 g/mol. The van der Waals surface area contributed by atoms with Gasteiger partial charge in [0, 0.05) is 0 Å². The van der Waals surface area contributed by atoms with E-state index < -0.39 is 7.12 Å². The van der Waals surface area contributed by atoms with E-state index in [1.54, 1.807) is 12.1 Å². The van der Waals surface area contributed by atoms with Crippen LogP contribution in [0.15, 0.2) is 18.2 Å². The summed E-state index contributed by atoms with van der Waals surface area (Å²) >= 11 is 0. The Kier molecular flexibility index (Phi) is 2.14. The average Bonchev–Trinajstić information content (AvgIpc) is 2.42. The summed E-state index contributed by atoms with van der Waals surface area (Å²) in [6.07, 6.45) is 0. The first-order valence-corrected chi connectivity index (χ1v) is 4.64. The lowest BCUT2D eigenvalue weighted by Gasteiger charge is -2.18. The van der Waals surface area contributed by atoms with Crippen LogP contribution in [0, 0.1) is 0 Å². The summed E-state index contributed by atoms with van der Waals surface area (Å²) < 4.78 is 5.58. The van der Waals surface area contributed by atoms with Crippen LogP contribution in [0.1, 0.15) is 25.0 Å². The summed E-state index contributed by atoms with van der Waals surface area (Å²) in [6, 6.07) is 5.41. The zero-order valence-electron chi connectivity index (χ0n) is 8.32. The minimum atomic E-state index is -1.40. The number of benzene rings is 1. The molecule has 0 atom stereocenters. The zero-order valence-corrected chi connectivity index (χ0v) is 8.32. The third-order valence-corrected chi connectivity index (χ3v) is 2.66. The summed E-state index contributed by atoms with van der Waals surface area (Å²) in [4.78, 5) is 0. The van der Waals surface area contributed by atoms with Gasteiger partial charge in [0.1, 0.15) is 0 Å². The van der Waals surface area contributed by atoms with Crippen molar-refractivity contribution in [3.05, 3.63) is 29.3 Å². The van der Waals surface area contributed by atoms with Crippen molar-refractivity contribution >= 4 is 12.6 Å². The normalized spacial score (nSPS) is 18.0. The lowest BCUT2D eigenvalue weighted by molar-refractivity contribution is -0.00789. The molecule has 4 heteroatoms. The van der Waals surface area contributed by atoms with E-state index in [9.17, 15) is 0 Å². The molecule has 0 amide bonds. The van der Waals surface area contributed by atoms with Gasteiger partial charge >= 0.3 is 7.12 Å². The maximum Gasteiger partial charge on any atom is 0.488 e. The minimum absolute atomic E-state index is 0.256. The van der Waals surface area contributed by atoms with Gasteiger partial charge in [-0.3, -0.25) is 0 Å². The smallest absolute Gasteiger partial charge is 0.423 e. The molecule has 0 saturated carbocycles. The fraction of sp³-hybridized carbons (Fsp3) is 0.400. The van der Waals surface area contributed by atoms with Crippen LogP contribution in [0.4, 0.5) is 0 Å². The van der Waals surface area contributed by atoms with E-state index >= 15 is 0 Å². The van der Waals surface area contributed by atoms with Crippen LogP contribution in [0.25, 0.3) is 0 Å². The molecule has 1 heterocycles. The zero-order chi connectivity index (χ0) is 10.3. The molecule has 1 aliphatic heterocycles. The maximum absolute atomic E-state index is 9.00. The molecule has 2 rings (SSSR count). The SMILES string of the molecule is CC1(C)OCc2cc(B(O)O)ccc21. The number of ether oxygens (including phenoxy) is 1. The predicted molar refractivity (Wildman–Crippen MR) is 54.1 cm³/mol. The first-order chi connectivity index (χ1) is 6.50. The summed E-state index contributed by atoms with van der Waals surface area (Å²) in [7, 11) is -1.40. The minimum Gasteiger partial charge on any atom is -0.423 e. The lowest BCUT2D eigenvalue weighted by Crippen LogP contribution is -2.30. The fourth-order valence-corrected chi connectivity index (χ4v) is 1.82. The van der Waals surface area contributed by atoms with Crippen molar-refractivity contribution in [1.29, 1.82) is 0 Å². The van der Waals surface area contributed by atoms with E-state index in [1.165, 1.54) is 0 Å². The standard InChI is InChI=1S/C10H13BO3/c1-10(2)9-4-3-8(11(12)13)5-7(9)6-14-10/h3-5,12-13H,6H2,1-2H3. The molecule has 1 aliphatic rings. The van der Waals surface area contributed by atoms with E-state index in [2.05, 4.69) is 0 Å². The van der Waals surface area contributed by atoms with Crippen molar-refractivity contribution < 1.29 is 14.8 Å². The third kappa shape index (κ3) is 1.45. The fourth-order valence-electron chi connectivity index (χ4n) is 1.82. The quantitative estimate of drug-likeness (QED) is 0.622. The first-order valence-electron chi connectivity index (χ1n) is 4.64. The topological polar surface area (TPSA) is 49.7 Å². The van der Waals surface area contributed by atoms with Crippen LogP contribution in [-0.2, 0) is 16.9 Å². The highest BCUT2D eigenvalue weighted by Gasteiger charge is 2.31. The largest absolute Gasteiger partial charge is 0.488 e. The van der Waals surface area contributed by atoms with E-state index in [1.807, 2.05) is 19.9 Å². The molecule has 0 bridgehead atoms. The Balaban J connectivity index is 2.44. The number of hydrogen-bond donors (Lipinski definition) is 2. The molecular weight excluding hydrogens is 179 g/mol. The van der Waals surface area contributed by atoms with Crippen molar-refractivity contribution in [3.63, 3.8) is 0 Å². The van der Waals surface area contributed by atoms with E-state index in [4.69, 9.17) is 14.8 Å². The molecule has 0 unspecified atom stereocenters. The van der Waals surface area contributed by atoms with Crippen LogP contribution in [0.5, 0.6) is 0 Å². The molecule has 0 aromatic heterocycles. The van der Waals surface area contributed by atoms with Gasteiger partial charge in [-0.1, -0.05) is 18.2 Å². The number of rotatable bonds is 1. The van der Waals surface area contributed by atoms with E-state index in [0.717, 1.165) is 11.1 Å².